The summed E-state index contributed by atoms with van der Waals surface area (Å²) in [5.74, 6) is -1.91. The zero-order chi connectivity index (χ0) is 21.1. The molecule has 1 saturated heterocycles. The Bertz CT molecular complexity index is 847. The molecule has 8 heteroatoms. The van der Waals surface area contributed by atoms with Crippen LogP contribution < -0.4 is 0 Å². The van der Waals surface area contributed by atoms with E-state index in [0.29, 0.717) is 25.9 Å². The number of hydrogen-bond acceptors (Lipinski definition) is 4. The number of hydrogen-bond donors (Lipinski definition) is 0. The molecule has 0 radical (unpaired) electrons. The van der Waals surface area contributed by atoms with Crippen LogP contribution in [0.15, 0.2) is 35.7 Å². The molecule has 0 bridgehead atoms. The fourth-order valence-electron chi connectivity index (χ4n) is 4.42. The first kappa shape index (κ1) is 21.3. The molecular weight excluding hydrogens is 411 g/mol. The monoisotopic (exact) mass is 437 g/mol. The van der Waals surface area contributed by atoms with Gasteiger partial charge >= 0.3 is 6.18 Å². The molecule has 1 aromatic carbocycles. The molecule has 1 aromatic heterocycles. The number of piperazine rings is 1. The van der Waals surface area contributed by atoms with E-state index < -0.39 is 18.0 Å². The molecule has 2 unspecified atom stereocenters. The van der Waals surface area contributed by atoms with Gasteiger partial charge in [-0.2, -0.15) is 13.2 Å². The van der Waals surface area contributed by atoms with Crippen molar-refractivity contribution in [3.63, 3.8) is 0 Å². The summed E-state index contributed by atoms with van der Waals surface area (Å²) >= 11 is 1.62. The predicted octanol–water partition coefficient (Wildman–Crippen LogP) is 4.82. The SMILES string of the molecule is O=C(C1CCCC(C(F)(F)F)C1)N1CCN(Cc2csc(-c3ccccc3)n2)CC1. The Kier molecular flexibility index (Phi) is 6.43. The van der Waals surface area contributed by atoms with Crippen molar-refractivity contribution < 1.29 is 18.0 Å². The van der Waals surface area contributed by atoms with Crippen LogP contribution in [0.5, 0.6) is 0 Å². The molecule has 0 N–H and O–H groups in total. The summed E-state index contributed by atoms with van der Waals surface area (Å²) in [6, 6.07) is 10.1. The maximum atomic E-state index is 13.1. The minimum absolute atomic E-state index is 0.0520. The van der Waals surface area contributed by atoms with Gasteiger partial charge in [-0.05, 0) is 19.3 Å². The molecule has 162 valence electrons. The molecular formula is C22H26F3N3OS. The molecule has 2 aliphatic rings. The molecule has 2 fully saturated rings. The van der Waals surface area contributed by atoms with Crippen molar-refractivity contribution in [3.8, 4) is 10.6 Å². The van der Waals surface area contributed by atoms with E-state index in [0.717, 1.165) is 35.9 Å². The molecule has 30 heavy (non-hydrogen) atoms. The molecule has 2 atom stereocenters. The fourth-order valence-corrected chi connectivity index (χ4v) is 5.23. The van der Waals surface area contributed by atoms with Crippen molar-refractivity contribution in [1.29, 1.82) is 0 Å². The van der Waals surface area contributed by atoms with E-state index in [4.69, 9.17) is 4.98 Å². The Morgan fingerprint density at radius 1 is 1.10 bits per heavy atom. The maximum absolute atomic E-state index is 13.1. The van der Waals surface area contributed by atoms with E-state index in [9.17, 15) is 18.0 Å². The highest BCUT2D eigenvalue weighted by Gasteiger charge is 2.44. The number of nitrogens with zero attached hydrogens (tertiary/aromatic N) is 3. The van der Waals surface area contributed by atoms with Gasteiger partial charge in [0.2, 0.25) is 5.91 Å². The summed E-state index contributed by atoms with van der Waals surface area (Å²) in [5, 5.41) is 3.06. The normalized spacial score (nSPS) is 23.5. The van der Waals surface area contributed by atoms with Crippen LogP contribution in [0.4, 0.5) is 13.2 Å². The van der Waals surface area contributed by atoms with Gasteiger partial charge in [0, 0.05) is 49.6 Å². The van der Waals surface area contributed by atoms with Crippen LogP contribution in [0.25, 0.3) is 10.6 Å². The zero-order valence-corrected chi connectivity index (χ0v) is 17.6. The lowest BCUT2D eigenvalue weighted by Gasteiger charge is -2.38. The second kappa shape index (κ2) is 9.06. The molecule has 4 nitrogen and oxygen atoms in total. The number of rotatable bonds is 4. The number of thiazole rings is 1. The standard InChI is InChI=1S/C22H26F3N3OS/c23-22(24,25)18-8-4-7-17(13-18)21(29)28-11-9-27(10-12-28)14-19-15-30-20(26-19)16-5-2-1-3-6-16/h1-3,5-6,15,17-18H,4,7-14H2. The second-order valence-corrected chi connectivity index (χ2v) is 9.07. The molecule has 1 amide bonds. The van der Waals surface area contributed by atoms with Crippen LogP contribution in [0.3, 0.4) is 0 Å². The summed E-state index contributed by atoms with van der Waals surface area (Å²) in [5.41, 5.74) is 2.12. The molecule has 1 aliphatic carbocycles. The molecule has 0 spiro atoms. The summed E-state index contributed by atoms with van der Waals surface area (Å²) in [6.45, 7) is 3.31. The van der Waals surface area contributed by atoms with Crippen molar-refractivity contribution in [2.45, 2.75) is 38.4 Å². The van der Waals surface area contributed by atoms with Crippen LogP contribution in [0.1, 0.15) is 31.4 Å². The van der Waals surface area contributed by atoms with Crippen molar-refractivity contribution >= 4 is 17.2 Å². The molecule has 1 saturated carbocycles. The van der Waals surface area contributed by atoms with Crippen molar-refractivity contribution in [2.75, 3.05) is 26.2 Å². The first-order chi connectivity index (χ1) is 14.4. The largest absolute Gasteiger partial charge is 0.391 e. The smallest absolute Gasteiger partial charge is 0.340 e. The number of aromatic nitrogens is 1. The Morgan fingerprint density at radius 3 is 2.53 bits per heavy atom. The van der Waals surface area contributed by atoms with Crippen molar-refractivity contribution in [1.82, 2.24) is 14.8 Å². The molecule has 4 rings (SSSR count). The van der Waals surface area contributed by atoms with Gasteiger partial charge in [-0.25, -0.2) is 4.98 Å². The molecule has 2 aromatic rings. The summed E-state index contributed by atoms with van der Waals surface area (Å²) in [4.78, 5) is 21.5. The average molecular weight is 438 g/mol. The van der Waals surface area contributed by atoms with Gasteiger partial charge in [0.1, 0.15) is 5.01 Å². The van der Waals surface area contributed by atoms with Gasteiger partial charge < -0.3 is 4.90 Å². The Labute approximate surface area is 178 Å². The first-order valence-electron chi connectivity index (χ1n) is 10.5. The van der Waals surface area contributed by atoms with Crippen LogP contribution in [-0.4, -0.2) is 53.0 Å². The number of amides is 1. The average Bonchev–Trinajstić information content (AvgIpc) is 3.22. The van der Waals surface area contributed by atoms with Crippen LogP contribution >= 0.6 is 11.3 Å². The third kappa shape index (κ3) is 5.03. The lowest BCUT2D eigenvalue weighted by atomic mass is 9.80. The van der Waals surface area contributed by atoms with Gasteiger partial charge in [-0.15, -0.1) is 11.3 Å². The minimum Gasteiger partial charge on any atom is -0.340 e. The van der Waals surface area contributed by atoms with E-state index in [1.807, 2.05) is 30.3 Å². The van der Waals surface area contributed by atoms with Gasteiger partial charge in [0.25, 0.3) is 0 Å². The topological polar surface area (TPSA) is 36.4 Å². The zero-order valence-electron chi connectivity index (χ0n) is 16.8. The highest BCUT2D eigenvalue weighted by atomic mass is 32.1. The van der Waals surface area contributed by atoms with Gasteiger partial charge in [-0.1, -0.05) is 36.8 Å². The Balaban J connectivity index is 1.28. The van der Waals surface area contributed by atoms with E-state index in [2.05, 4.69) is 10.3 Å². The second-order valence-electron chi connectivity index (χ2n) is 8.21. The highest BCUT2D eigenvalue weighted by molar-refractivity contribution is 7.13. The summed E-state index contributed by atoms with van der Waals surface area (Å²) in [7, 11) is 0. The number of carbonyl (C=O) groups is 1. The van der Waals surface area contributed by atoms with Gasteiger partial charge in [0.15, 0.2) is 0 Å². The van der Waals surface area contributed by atoms with Crippen molar-refractivity contribution in [2.24, 2.45) is 11.8 Å². The van der Waals surface area contributed by atoms with Crippen LogP contribution in [-0.2, 0) is 11.3 Å². The van der Waals surface area contributed by atoms with Crippen molar-refractivity contribution in [3.05, 3.63) is 41.4 Å². The lowest BCUT2D eigenvalue weighted by molar-refractivity contribution is -0.187. The number of benzene rings is 1. The molecule has 2 heterocycles. The van der Waals surface area contributed by atoms with Crippen LogP contribution in [0.2, 0.25) is 0 Å². The van der Waals surface area contributed by atoms with E-state index >= 15 is 0 Å². The predicted molar refractivity (Wildman–Crippen MR) is 111 cm³/mol. The molecule has 1 aliphatic heterocycles. The third-order valence-electron chi connectivity index (χ3n) is 6.13. The van der Waals surface area contributed by atoms with E-state index in [1.54, 1.807) is 16.2 Å². The Hall–Kier alpha value is -1.93. The quantitative estimate of drug-likeness (QED) is 0.688. The fraction of sp³-hybridized carbons (Fsp3) is 0.545. The van der Waals surface area contributed by atoms with Gasteiger partial charge in [-0.3, -0.25) is 9.69 Å². The summed E-state index contributed by atoms with van der Waals surface area (Å²) in [6.07, 6.45) is -3.03. The van der Waals surface area contributed by atoms with Gasteiger partial charge in [0.05, 0.1) is 11.6 Å². The Morgan fingerprint density at radius 2 is 1.83 bits per heavy atom. The maximum Gasteiger partial charge on any atom is 0.391 e. The lowest BCUT2D eigenvalue weighted by Crippen LogP contribution is -2.50. The third-order valence-corrected chi connectivity index (χ3v) is 7.07. The van der Waals surface area contributed by atoms with Crippen LogP contribution in [0, 0.1) is 11.8 Å². The number of halogens is 3. The number of alkyl halides is 3. The summed E-state index contributed by atoms with van der Waals surface area (Å²) < 4.78 is 39.2. The van der Waals surface area contributed by atoms with E-state index in [1.165, 1.54) is 0 Å². The minimum atomic E-state index is -4.19. The highest BCUT2D eigenvalue weighted by Crippen LogP contribution is 2.40. The van der Waals surface area contributed by atoms with E-state index in [-0.39, 0.29) is 18.7 Å². The first-order valence-corrected chi connectivity index (χ1v) is 11.4. The number of carbonyl (C=O) groups excluding carboxylic acids is 1.